The first-order chi connectivity index (χ1) is 7.42. The molecule has 0 aromatic rings. The van der Waals surface area contributed by atoms with E-state index in [4.69, 9.17) is 11.7 Å². The number of hydrogen-bond donors (Lipinski definition) is 2. The Kier molecular flexibility index (Phi) is 6.47. The normalized spacial score (nSPS) is 9.81. The van der Waals surface area contributed by atoms with Gasteiger partial charge in [-0.15, -0.1) is 0 Å². The first-order valence-electron chi connectivity index (χ1n) is 4.44. The van der Waals surface area contributed by atoms with Gasteiger partial charge in [0.25, 0.3) is 0 Å². The molecule has 0 aliphatic rings. The summed E-state index contributed by atoms with van der Waals surface area (Å²) in [5.41, 5.74) is 0. The zero-order chi connectivity index (χ0) is 12.7. The van der Waals surface area contributed by atoms with Gasteiger partial charge in [0.05, 0.1) is 0 Å². The summed E-state index contributed by atoms with van der Waals surface area (Å²) in [6.45, 7) is 3.51. The third-order valence-electron chi connectivity index (χ3n) is 1.49. The highest BCUT2D eigenvalue weighted by atomic mass is 31.1. The monoisotopic (exact) mass is 254 g/mol. The summed E-state index contributed by atoms with van der Waals surface area (Å²) >= 11 is 0. The molecule has 4 N–H and O–H groups in total. The van der Waals surface area contributed by atoms with Crippen LogP contribution in [-0.2, 0) is 13.6 Å². The van der Waals surface area contributed by atoms with Crippen LogP contribution < -0.4 is 11.7 Å². The Hall–Kier alpha value is -1.31. The second kappa shape index (κ2) is 7.04. The Morgan fingerprint density at radius 3 is 1.62 bits per heavy atom. The summed E-state index contributed by atoms with van der Waals surface area (Å²) in [6.07, 6.45) is -2.08. The van der Waals surface area contributed by atoms with E-state index in [1.165, 1.54) is 0 Å². The minimum atomic E-state index is -3.29. The molecule has 0 radical (unpaired) electrons. The summed E-state index contributed by atoms with van der Waals surface area (Å²) in [7, 11) is -3.29. The largest absolute Gasteiger partial charge is 0.431 e. The molecule has 0 aromatic carbocycles. The molecule has 0 spiro atoms. The van der Waals surface area contributed by atoms with E-state index in [2.05, 4.69) is 9.05 Å². The molecule has 94 valence electrons. The van der Waals surface area contributed by atoms with Crippen molar-refractivity contribution in [3.63, 3.8) is 0 Å². The highest BCUT2D eigenvalue weighted by Crippen LogP contribution is 2.25. The summed E-state index contributed by atoms with van der Waals surface area (Å²) in [5, 5.41) is 1.35. The molecule has 16 heavy (non-hydrogen) atoms. The van der Waals surface area contributed by atoms with Crippen molar-refractivity contribution in [2.24, 2.45) is 11.7 Å². The first kappa shape index (κ1) is 14.7. The fourth-order valence-electron chi connectivity index (χ4n) is 0.539. The molecular weight excluding hydrogens is 239 g/mol. The Balaban J connectivity index is 4.09. The molecule has 0 unspecified atom stereocenters. The minimum absolute atomic E-state index is 0.167. The van der Waals surface area contributed by atoms with Crippen LogP contribution in [0.1, 0.15) is 13.8 Å². The topological polar surface area (TPSA) is 128 Å². The van der Waals surface area contributed by atoms with Crippen molar-refractivity contribution in [1.82, 2.24) is 10.0 Å². The Labute approximate surface area is 93.1 Å². The third-order valence-corrected chi connectivity index (χ3v) is 2.17. The molecule has 0 atom stereocenters. The highest BCUT2D eigenvalue weighted by molar-refractivity contribution is 7.34. The van der Waals surface area contributed by atoms with Crippen LogP contribution in [0.4, 0.5) is 9.59 Å². The van der Waals surface area contributed by atoms with E-state index < -0.39 is 20.4 Å². The molecule has 0 heterocycles. The van der Waals surface area contributed by atoms with Crippen LogP contribution in [0.5, 0.6) is 0 Å². The Bertz CT molecular complexity index is 260. The predicted molar refractivity (Wildman–Crippen MR) is 55.1 cm³/mol. The van der Waals surface area contributed by atoms with Crippen LogP contribution in [0.3, 0.4) is 0 Å². The number of hydrazine groups is 2. The van der Waals surface area contributed by atoms with Gasteiger partial charge in [0, 0.05) is 13.1 Å². The SMILES string of the molecule is CCN(N)C(=O)O[PH](=O)OC(=O)N(N)CC. The maximum absolute atomic E-state index is 11.0. The number of carbonyl (C=O) groups excluding carboxylic acids is 2. The number of rotatable bonds is 4. The lowest BCUT2D eigenvalue weighted by molar-refractivity contribution is 0.136. The number of hydrogen-bond acceptors (Lipinski definition) is 7. The zero-order valence-electron chi connectivity index (χ0n) is 9.00. The molecule has 0 aliphatic carbocycles. The van der Waals surface area contributed by atoms with Gasteiger partial charge in [-0.05, 0) is 13.8 Å². The van der Waals surface area contributed by atoms with Gasteiger partial charge in [0.15, 0.2) is 0 Å². The maximum Gasteiger partial charge on any atom is 0.431 e. The lowest BCUT2D eigenvalue weighted by Crippen LogP contribution is -2.38. The van der Waals surface area contributed by atoms with Crippen molar-refractivity contribution in [3.8, 4) is 0 Å². The fraction of sp³-hybridized carbons (Fsp3) is 0.667. The predicted octanol–water partition coefficient (Wildman–Crippen LogP) is 0.0405. The molecule has 0 aliphatic heterocycles. The average molecular weight is 254 g/mol. The third kappa shape index (κ3) is 4.96. The molecule has 0 saturated carbocycles. The quantitative estimate of drug-likeness (QED) is 0.313. The molecule has 0 aromatic heterocycles. The number of amides is 2. The van der Waals surface area contributed by atoms with Gasteiger partial charge in [-0.25, -0.2) is 35.9 Å². The van der Waals surface area contributed by atoms with Crippen LogP contribution in [0.15, 0.2) is 0 Å². The molecule has 10 heteroatoms. The number of nitrogens with zero attached hydrogens (tertiary/aromatic N) is 2. The van der Waals surface area contributed by atoms with Crippen molar-refractivity contribution in [2.45, 2.75) is 13.8 Å². The van der Waals surface area contributed by atoms with Gasteiger partial charge >= 0.3 is 20.4 Å². The molecule has 0 bridgehead atoms. The summed E-state index contributed by atoms with van der Waals surface area (Å²) in [5.74, 6) is 10.3. The van der Waals surface area contributed by atoms with Crippen LogP contribution in [0.25, 0.3) is 0 Å². The van der Waals surface area contributed by atoms with E-state index in [9.17, 15) is 14.2 Å². The molecule has 0 saturated heterocycles. The number of carbonyl (C=O) groups is 2. The van der Waals surface area contributed by atoms with Gasteiger partial charge in [0.1, 0.15) is 0 Å². The second-order valence-corrected chi connectivity index (χ2v) is 3.47. The maximum atomic E-state index is 11.0. The van der Waals surface area contributed by atoms with Crippen molar-refractivity contribution in [3.05, 3.63) is 0 Å². The van der Waals surface area contributed by atoms with Crippen molar-refractivity contribution >= 4 is 20.4 Å². The van der Waals surface area contributed by atoms with Crippen molar-refractivity contribution in [1.29, 1.82) is 0 Å². The molecular formula is C6H15N4O5P. The standard InChI is InChI=1S/C6H15N4O5P/c1-3-9(7)5(11)14-16(13)15-6(12)10(8)4-2/h16H,3-4,7-8H2,1-2H3. The Morgan fingerprint density at radius 1 is 1.06 bits per heavy atom. The fourth-order valence-corrected chi connectivity index (χ4v) is 1.10. The molecule has 0 fully saturated rings. The van der Waals surface area contributed by atoms with Gasteiger partial charge < -0.3 is 9.05 Å². The van der Waals surface area contributed by atoms with Gasteiger partial charge in [0.2, 0.25) is 0 Å². The molecule has 0 rings (SSSR count). The van der Waals surface area contributed by atoms with Gasteiger partial charge in [-0.2, -0.15) is 0 Å². The van der Waals surface area contributed by atoms with E-state index in [1.807, 2.05) is 0 Å². The van der Waals surface area contributed by atoms with Crippen LogP contribution in [-0.4, -0.2) is 35.3 Å². The minimum Gasteiger partial charge on any atom is -0.367 e. The summed E-state index contributed by atoms with van der Waals surface area (Å²) < 4.78 is 19.5. The van der Waals surface area contributed by atoms with Crippen LogP contribution >= 0.6 is 8.25 Å². The highest BCUT2D eigenvalue weighted by Gasteiger charge is 2.18. The van der Waals surface area contributed by atoms with Gasteiger partial charge in [-0.3, -0.25) is 0 Å². The van der Waals surface area contributed by atoms with Gasteiger partial charge in [-0.1, -0.05) is 0 Å². The van der Waals surface area contributed by atoms with E-state index in [1.54, 1.807) is 13.8 Å². The van der Waals surface area contributed by atoms with E-state index in [-0.39, 0.29) is 13.1 Å². The lowest BCUT2D eigenvalue weighted by atomic mass is 10.7. The zero-order valence-corrected chi connectivity index (χ0v) is 10.0. The van der Waals surface area contributed by atoms with E-state index in [0.29, 0.717) is 10.0 Å². The van der Waals surface area contributed by atoms with E-state index in [0.717, 1.165) is 0 Å². The van der Waals surface area contributed by atoms with Crippen LogP contribution in [0.2, 0.25) is 0 Å². The molecule has 2 amide bonds. The second-order valence-electron chi connectivity index (χ2n) is 2.56. The Morgan fingerprint density at radius 2 is 1.38 bits per heavy atom. The van der Waals surface area contributed by atoms with E-state index >= 15 is 0 Å². The first-order valence-corrected chi connectivity index (χ1v) is 5.66. The van der Waals surface area contributed by atoms with Crippen molar-refractivity contribution < 1.29 is 23.2 Å². The summed E-state index contributed by atoms with van der Waals surface area (Å²) in [4.78, 5) is 21.9. The number of nitrogens with two attached hydrogens (primary N) is 2. The van der Waals surface area contributed by atoms with Crippen LogP contribution in [0, 0.1) is 0 Å². The lowest BCUT2D eigenvalue weighted by Gasteiger charge is -2.15. The smallest absolute Gasteiger partial charge is 0.367 e. The average Bonchev–Trinajstić information content (AvgIpc) is 2.26. The van der Waals surface area contributed by atoms with Crippen molar-refractivity contribution in [2.75, 3.05) is 13.1 Å². The summed E-state index contributed by atoms with van der Waals surface area (Å²) in [6, 6.07) is 0. The molecule has 9 nitrogen and oxygen atoms in total.